The minimum atomic E-state index is -0.603. The molecule has 1 aromatic carbocycles. The summed E-state index contributed by atoms with van der Waals surface area (Å²) in [7, 11) is 0. The second-order valence-corrected chi connectivity index (χ2v) is 8.74. The molecular formula is C21H25N3O3S. The highest BCUT2D eigenvalue weighted by molar-refractivity contribution is 7.09. The molecule has 2 aromatic rings. The van der Waals surface area contributed by atoms with Crippen molar-refractivity contribution in [1.29, 1.82) is 0 Å². The van der Waals surface area contributed by atoms with Gasteiger partial charge in [-0.2, -0.15) is 0 Å². The maximum absolute atomic E-state index is 12.9. The third kappa shape index (κ3) is 3.63. The van der Waals surface area contributed by atoms with E-state index in [1.807, 2.05) is 35.4 Å². The van der Waals surface area contributed by atoms with Crippen molar-refractivity contribution in [2.45, 2.75) is 39.7 Å². The molecule has 4 rings (SSSR count). The van der Waals surface area contributed by atoms with Gasteiger partial charge in [0.15, 0.2) is 6.10 Å². The van der Waals surface area contributed by atoms with Crippen molar-refractivity contribution in [3.63, 3.8) is 0 Å². The fourth-order valence-electron chi connectivity index (χ4n) is 3.72. The molecule has 0 saturated carbocycles. The summed E-state index contributed by atoms with van der Waals surface area (Å²) in [5.74, 6) is 1.09. The third-order valence-electron chi connectivity index (χ3n) is 5.51. The average Bonchev–Trinajstić information content (AvgIpc) is 3.12. The van der Waals surface area contributed by atoms with Gasteiger partial charge in [-0.25, -0.2) is 4.98 Å². The van der Waals surface area contributed by atoms with Crippen LogP contribution in [0.4, 0.5) is 5.69 Å². The van der Waals surface area contributed by atoms with Gasteiger partial charge in [-0.15, -0.1) is 11.3 Å². The minimum absolute atomic E-state index is 0.00444. The molecule has 3 heterocycles. The van der Waals surface area contributed by atoms with Crippen LogP contribution in [0.2, 0.25) is 0 Å². The molecule has 1 aromatic heterocycles. The number of amides is 2. The number of benzene rings is 1. The van der Waals surface area contributed by atoms with E-state index in [0.717, 1.165) is 42.2 Å². The van der Waals surface area contributed by atoms with Gasteiger partial charge in [0.1, 0.15) is 12.3 Å². The van der Waals surface area contributed by atoms with Crippen LogP contribution < -0.4 is 9.64 Å². The number of carbonyl (C=O) groups is 2. The quantitative estimate of drug-likeness (QED) is 0.793. The van der Waals surface area contributed by atoms with Gasteiger partial charge in [0.05, 0.1) is 16.4 Å². The van der Waals surface area contributed by atoms with Crippen LogP contribution in [0.3, 0.4) is 0 Å². The molecule has 6 nitrogen and oxygen atoms in total. The maximum atomic E-state index is 12.9. The summed E-state index contributed by atoms with van der Waals surface area (Å²) in [5.41, 5.74) is 2.43. The smallest absolute Gasteiger partial charge is 0.268 e. The first-order valence-corrected chi connectivity index (χ1v) is 10.6. The molecule has 1 fully saturated rings. The lowest BCUT2D eigenvalue weighted by Crippen LogP contribution is -2.50. The van der Waals surface area contributed by atoms with Crippen LogP contribution in [-0.4, -0.2) is 47.4 Å². The molecular weight excluding hydrogens is 374 g/mol. The number of aryl methyl sites for hydroxylation is 1. The molecule has 2 amide bonds. The monoisotopic (exact) mass is 399 g/mol. The number of hydrogen-bond donors (Lipinski definition) is 0. The largest absolute Gasteiger partial charge is 0.479 e. The van der Waals surface area contributed by atoms with Crippen LogP contribution in [0.5, 0.6) is 5.75 Å². The zero-order valence-corrected chi connectivity index (χ0v) is 17.3. The fourth-order valence-corrected chi connectivity index (χ4v) is 4.34. The summed E-state index contributed by atoms with van der Waals surface area (Å²) in [5, 5.41) is 2.98. The Balaban J connectivity index is 1.62. The van der Waals surface area contributed by atoms with Crippen LogP contribution in [0.15, 0.2) is 23.6 Å². The number of ether oxygens (including phenoxy) is 1. The summed E-state index contributed by atoms with van der Waals surface area (Å²) in [6, 6.07) is 5.71. The molecule has 1 saturated heterocycles. The average molecular weight is 400 g/mol. The topological polar surface area (TPSA) is 62.7 Å². The van der Waals surface area contributed by atoms with Crippen molar-refractivity contribution in [2.24, 2.45) is 5.92 Å². The van der Waals surface area contributed by atoms with Crippen molar-refractivity contribution in [2.75, 3.05) is 24.5 Å². The molecule has 2 aliphatic rings. The highest BCUT2D eigenvalue weighted by Gasteiger charge is 2.34. The van der Waals surface area contributed by atoms with E-state index in [1.54, 1.807) is 23.2 Å². The van der Waals surface area contributed by atoms with Crippen molar-refractivity contribution >= 4 is 28.8 Å². The van der Waals surface area contributed by atoms with Gasteiger partial charge in [-0.1, -0.05) is 6.92 Å². The number of likely N-dealkylation sites (tertiary alicyclic amines) is 1. The maximum Gasteiger partial charge on any atom is 0.268 e. The summed E-state index contributed by atoms with van der Waals surface area (Å²) >= 11 is 1.58. The number of hydrogen-bond acceptors (Lipinski definition) is 5. The second kappa shape index (κ2) is 7.54. The van der Waals surface area contributed by atoms with Gasteiger partial charge >= 0.3 is 0 Å². The summed E-state index contributed by atoms with van der Waals surface area (Å²) in [4.78, 5) is 33.7. The van der Waals surface area contributed by atoms with Gasteiger partial charge in [-0.3, -0.25) is 14.5 Å². The van der Waals surface area contributed by atoms with Crippen LogP contribution in [0.25, 0.3) is 11.3 Å². The summed E-state index contributed by atoms with van der Waals surface area (Å²) < 4.78 is 5.78. The van der Waals surface area contributed by atoms with Crippen molar-refractivity contribution < 1.29 is 14.3 Å². The van der Waals surface area contributed by atoms with Crippen LogP contribution >= 0.6 is 11.3 Å². The summed E-state index contributed by atoms with van der Waals surface area (Å²) in [6.45, 7) is 7.48. The zero-order valence-electron chi connectivity index (χ0n) is 16.5. The molecule has 1 unspecified atom stereocenters. The highest BCUT2D eigenvalue weighted by Crippen LogP contribution is 2.37. The number of piperidine rings is 1. The van der Waals surface area contributed by atoms with E-state index in [0.29, 0.717) is 17.4 Å². The number of anilines is 1. The molecule has 0 aliphatic carbocycles. The van der Waals surface area contributed by atoms with E-state index < -0.39 is 6.10 Å². The predicted molar refractivity (Wildman–Crippen MR) is 110 cm³/mol. The number of thiazole rings is 1. The van der Waals surface area contributed by atoms with E-state index >= 15 is 0 Å². The van der Waals surface area contributed by atoms with Gasteiger partial charge in [0.2, 0.25) is 5.91 Å². The van der Waals surface area contributed by atoms with E-state index in [-0.39, 0.29) is 18.4 Å². The number of rotatable bonds is 3. The number of aromatic nitrogens is 1. The third-order valence-corrected chi connectivity index (χ3v) is 6.29. The Hall–Kier alpha value is -2.41. The minimum Gasteiger partial charge on any atom is -0.479 e. The van der Waals surface area contributed by atoms with Gasteiger partial charge in [0, 0.05) is 24.0 Å². The van der Waals surface area contributed by atoms with E-state index in [4.69, 9.17) is 4.74 Å². The molecule has 2 aliphatic heterocycles. The van der Waals surface area contributed by atoms with Crippen LogP contribution in [-0.2, 0) is 9.59 Å². The second-order valence-electron chi connectivity index (χ2n) is 7.68. The van der Waals surface area contributed by atoms with Gasteiger partial charge in [-0.05, 0) is 50.8 Å². The van der Waals surface area contributed by atoms with E-state index in [9.17, 15) is 9.59 Å². The number of fused-ring (bicyclic) bond motifs is 1. The van der Waals surface area contributed by atoms with E-state index in [2.05, 4.69) is 11.9 Å². The normalized spacial score (nSPS) is 20.1. The lowest BCUT2D eigenvalue weighted by atomic mass is 9.99. The molecule has 0 spiro atoms. The Bertz CT molecular complexity index is 902. The Morgan fingerprint density at radius 2 is 2.04 bits per heavy atom. The lowest BCUT2D eigenvalue weighted by molar-refractivity contribution is -0.134. The summed E-state index contributed by atoms with van der Waals surface area (Å²) in [6.07, 6.45) is 1.43. The highest BCUT2D eigenvalue weighted by atomic mass is 32.1. The SMILES string of the molecule is Cc1nc(-c2ccc3c(c2)N(CC(=O)N2CCC(C)CC2)C(=O)C(C)O3)cs1. The Kier molecular flexibility index (Phi) is 5.10. The molecule has 0 bridgehead atoms. The van der Waals surface area contributed by atoms with Crippen LogP contribution in [0.1, 0.15) is 31.7 Å². The van der Waals surface area contributed by atoms with Crippen LogP contribution in [0, 0.1) is 12.8 Å². The Morgan fingerprint density at radius 1 is 1.29 bits per heavy atom. The van der Waals surface area contributed by atoms with Crippen molar-refractivity contribution in [3.8, 4) is 17.0 Å². The molecule has 0 N–H and O–H groups in total. The molecule has 28 heavy (non-hydrogen) atoms. The first-order chi connectivity index (χ1) is 13.4. The first-order valence-electron chi connectivity index (χ1n) is 9.74. The van der Waals surface area contributed by atoms with Crippen molar-refractivity contribution in [1.82, 2.24) is 9.88 Å². The molecule has 0 radical (unpaired) electrons. The van der Waals surface area contributed by atoms with E-state index in [1.165, 1.54) is 0 Å². The Labute approximate surface area is 169 Å². The molecule has 148 valence electrons. The molecule has 7 heteroatoms. The standard InChI is InChI=1S/C21H25N3O3S/c1-13-6-8-23(9-7-13)20(25)11-24-18-10-16(17-12-28-15(3)22-17)4-5-19(18)27-14(2)21(24)26/h4-5,10,12-14H,6-9,11H2,1-3H3. The van der Waals surface area contributed by atoms with Gasteiger partial charge in [0.25, 0.3) is 5.91 Å². The number of nitrogens with zero attached hydrogens (tertiary/aromatic N) is 3. The number of carbonyl (C=O) groups excluding carboxylic acids is 2. The zero-order chi connectivity index (χ0) is 19.8. The first kappa shape index (κ1) is 18.9. The molecule has 1 atom stereocenters. The predicted octanol–water partition coefficient (Wildman–Crippen LogP) is 3.49. The van der Waals surface area contributed by atoms with Gasteiger partial charge < -0.3 is 9.64 Å². The fraction of sp³-hybridized carbons (Fsp3) is 0.476. The lowest BCUT2D eigenvalue weighted by Gasteiger charge is -2.36. The van der Waals surface area contributed by atoms with Crippen molar-refractivity contribution in [3.05, 3.63) is 28.6 Å². The Morgan fingerprint density at radius 3 is 2.71 bits per heavy atom.